The zero-order valence-electron chi connectivity index (χ0n) is 13.4. The molecular weight excluding hydrogens is 294 g/mol. The Labute approximate surface area is 136 Å². The molecule has 3 rings (SSSR count). The van der Waals surface area contributed by atoms with Gasteiger partial charge in [-0.3, -0.25) is 9.59 Å². The van der Waals surface area contributed by atoms with E-state index in [0.717, 1.165) is 30.8 Å². The Morgan fingerprint density at radius 2 is 2.09 bits per heavy atom. The molecule has 124 valence electrons. The first-order valence-electron chi connectivity index (χ1n) is 8.14. The van der Waals surface area contributed by atoms with Crippen LogP contribution in [0.1, 0.15) is 22.3 Å². The highest BCUT2D eigenvalue weighted by atomic mass is 16.5. The monoisotopic (exact) mass is 317 g/mol. The lowest BCUT2D eigenvalue weighted by Gasteiger charge is -2.27. The molecule has 2 amide bonds. The smallest absolute Gasteiger partial charge is 0.254 e. The normalized spacial score (nSPS) is 21.3. The van der Waals surface area contributed by atoms with Gasteiger partial charge in [-0.2, -0.15) is 0 Å². The summed E-state index contributed by atoms with van der Waals surface area (Å²) >= 11 is 0. The van der Waals surface area contributed by atoms with Crippen LogP contribution in [0, 0.1) is 12.8 Å². The summed E-state index contributed by atoms with van der Waals surface area (Å²) < 4.78 is 5.28. The maximum Gasteiger partial charge on any atom is 0.254 e. The van der Waals surface area contributed by atoms with E-state index in [0.29, 0.717) is 31.9 Å². The zero-order valence-corrected chi connectivity index (χ0v) is 13.4. The number of amides is 2. The highest BCUT2D eigenvalue weighted by Gasteiger charge is 2.24. The van der Waals surface area contributed by atoms with Crippen LogP contribution >= 0.6 is 0 Å². The summed E-state index contributed by atoms with van der Waals surface area (Å²) in [6, 6.07) is 5.49. The van der Waals surface area contributed by atoms with Gasteiger partial charge in [0.25, 0.3) is 5.91 Å². The van der Waals surface area contributed by atoms with Crippen LogP contribution in [-0.4, -0.2) is 56.1 Å². The minimum Gasteiger partial charge on any atom is -0.378 e. The lowest BCUT2D eigenvalue weighted by molar-refractivity contribution is -0.119. The third-order valence-electron chi connectivity index (χ3n) is 4.47. The van der Waals surface area contributed by atoms with Gasteiger partial charge < -0.3 is 20.3 Å². The summed E-state index contributed by atoms with van der Waals surface area (Å²) in [4.78, 5) is 26.6. The van der Waals surface area contributed by atoms with Gasteiger partial charge in [0.15, 0.2) is 0 Å². The number of hydrogen-bond donors (Lipinski definition) is 2. The molecule has 0 saturated carbocycles. The molecule has 2 aliphatic heterocycles. The van der Waals surface area contributed by atoms with Gasteiger partial charge in [0.05, 0.1) is 19.1 Å². The molecule has 1 unspecified atom stereocenters. The van der Waals surface area contributed by atoms with Crippen LogP contribution in [0.5, 0.6) is 0 Å². The predicted octanol–water partition coefficient (Wildman–Crippen LogP) is 1.02. The number of morpholine rings is 1. The van der Waals surface area contributed by atoms with Gasteiger partial charge in [0, 0.05) is 30.9 Å². The van der Waals surface area contributed by atoms with E-state index in [1.807, 2.05) is 19.1 Å². The number of benzene rings is 1. The zero-order chi connectivity index (χ0) is 16.2. The summed E-state index contributed by atoms with van der Waals surface area (Å²) in [6.45, 7) is 5.92. The van der Waals surface area contributed by atoms with E-state index in [1.54, 1.807) is 11.0 Å². The van der Waals surface area contributed by atoms with Gasteiger partial charge >= 0.3 is 0 Å². The molecular formula is C17H23N3O3. The standard InChI is InChI=1S/C17H23N3O3/c1-12-2-3-13(17(22)20-6-8-23-9-7-20)10-15(12)19-16(21)14-4-5-18-11-14/h2-3,10,14,18H,4-9,11H2,1H3,(H,19,21). The minimum atomic E-state index is -0.00803. The van der Waals surface area contributed by atoms with Crippen LogP contribution < -0.4 is 10.6 Å². The molecule has 0 aliphatic carbocycles. The van der Waals surface area contributed by atoms with Crippen LogP contribution in [0.3, 0.4) is 0 Å². The molecule has 1 atom stereocenters. The Balaban J connectivity index is 1.73. The van der Waals surface area contributed by atoms with E-state index in [-0.39, 0.29) is 17.7 Å². The Bertz CT molecular complexity index is 591. The number of aryl methyl sites for hydroxylation is 1. The maximum atomic E-state index is 12.6. The Hall–Kier alpha value is -1.92. The van der Waals surface area contributed by atoms with Crippen molar-refractivity contribution in [2.75, 3.05) is 44.7 Å². The molecule has 6 heteroatoms. The predicted molar refractivity (Wildman–Crippen MR) is 87.5 cm³/mol. The second kappa shape index (κ2) is 7.10. The average Bonchev–Trinajstić information content (AvgIpc) is 3.11. The van der Waals surface area contributed by atoms with Crippen molar-refractivity contribution >= 4 is 17.5 Å². The number of nitrogens with zero attached hydrogens (tertiary/aromatic N) is 1. The minimum absolute atomic E-state index is 0.00741. The fraction of sp³-hybridized carbons (Fsp3) is 0.529. The van der Waals surface area contributed by atoms with Gasteiger partial charge in [0.2, 0.25) is 5.91 Å². The topological polar surface area (TPSA) is 70.7 Å². The quantitative estimate of drug-likeness (QED) is 0.873. The molecule has 0 bridgehead atoms. The van der Waals surface area contributed by atoms with Gasteiger partial charge in [0.1, 0.15) is 0 Å². The molecule has 2 heterocycles. The van der Waals surface area contributed by atoms with Crippen LogP contribution in [-0.2, 0) is 9.53 Å². The molecule has 23 heavy (non-hydrogen) atoms. The van der Waals surface area contributed by atoms with Gasteiger partial charge in [-0.1, -0.05) is 6.07 Å². The molecule has 0 aromatic heterocycles. The fourth-order valence-corrected chi connectivity index (χ4v) is 2.95. The second-order valence-corrected chi connectivity index (χ2v) is 6.11. The lowest BCUT2D eigenvalue weighted by Crippen LogP contribution is -2.40. The third kappa shape index (κ3) is 3.71. The number of anilines is 1. The SMILES string of the molecule is Cc1ccc(C(=O)N2CCOCC2)cc1NC(=O)C1CCNC1. The van der Waals surface area contributed by atoms with Gasteiger partial charge in [-0.05, 0) is 37.6 Å². The van der Waals surface area contributed by atoms with E-state index in [2.05, 4.69) is 10.6 Å². The van der Waals surface area contributed by atoms with Gasteiger partial charge in [-0.25, -0.2) is 0 Å². The van der Waals surface area contributed by atoms with Crippen molar-refractivity contribution in [2.24, 2.45) is 5.92 Å². The molecule has 2 saturated heterocycles. The number of carbonyl (C=O) groups excluding carboxylic acids is 2. The Morgan fingerprint density at radius 1 is 1.30 bits per heavy atom. The number of ether oxygens (including phenoxy) is 1. The molecule has 1 aromatic rings. The van der Waals surface area contributed by atoms with E-state index in [4.69, 9.17) is 4.74 Å². The molecule has 2 fully saturated rings. The molecule has 1 aromatic carbocycles. The molecule has 2 aliphatic rings. The van der Waals surface area contributed by atoms with Crippen molar-refractivity contribution in [2.45, 2.75) is 13.3 Å². The third-order valence-corrected chi connectivity index (χ3v) is 4.47. The largest absolute Gasteiger partial charge is 0.378 e. The number of nitrogens with one attached hydrogen (secondary N) is 2. The van der Waals surface area contributed by atoms with E-state index < -0.39 is 0 Å². The van der Waals surface area contributed by atoms with Crippen molar-refractivity contribution in [3.63, 3.8) is 0 Å². The highest BCUT2D eigenvalue weighted by molar-refractivity contribution is 5.98. The molecule has 0 spiro atoms. The van der Waals surface area contributed by atoms with E-state index in [1.165, 1.54) is 0 Å². The highest BCUT2D eigenvalue weighted by Crippen LogP contribution is 2.20. The Morgan fingerprint density at radius 3 is 2.78 bits per heavy atom. The van der Waals surface area contributed by atoms with Crippen molar-refractivity contribution in [1.29, 1.82) is 0 Å². The molecule has 2 N–H and O–H groups in total. The first-order valence-corrected chi connectivity index (χ1v) is 8.14. The second-order valence-electron chi connectivity index (χ2n) is 6.11. The van der Waals surface area contributed by atoms with Crippen molar-refractivity contribution in [1.82, 2.24) is 10.2 Å². The van der Waals surface area contributed by atoms with Crippen LogP contribution in [0.15, 0.2) is 18.2 Å². The van der Waals surface area contributed by atoms with Crippen molar-refractivity contribution in [3.05, 3.63) is 29.3 Å². The summed E-state index contributed by atoms with van der Waals surface area (Å²) in [5.41, 5.74) is 2.29. The van der Waals surface area contributed by atoms with E-state index >= 15 is 0 Å². The summed E-state index contributed by atoms with van der Waals surface area (Å²) in [5.74, 6) is 0.0217. The number of rotatable bonds is 3. The van der Waals surface area contributed by atoms with Gasteiger partial charge in [-0.15, -0.1) is 0 Å². The molecule has 6 nitrogen and oxygen atoms in total. The Kier molecular flexibility index (Phi) is 4.93. The van der Waals surface area contributed by atoms with Crippen molar-refractivity contribution < 1.29 is 14.3 Å². The maximum absolute atomic E-state index is 12.6. The molecule has 0 radical (unpaired) electrons. The average molecular weight is 317 g/mol. The van der Waals surface area contributed by atoms with Crippen LogP contribution in [0.2, 0.25) is 0 Å². The van der Waals surface area contributed by atoms with E-state index in [9.17, 15) is 9.59 Å². The van der Waals surface area contributed by atoms with Crippen LogP contribution in [0.25, 0.3) is 0 Å². The summed E-state index contributed by atoms with van der Waals surface area (Å²) in [6.07, 6.45) is 0.858. The van der Waals surface area contributed by atoms with Crippen LogP contribution in [0.4, 0.5) is 5.69 Å². The lowest BCUT2D eigenvalue weighted by atomic mass is 10.1. The van der Waals surface area contributed by atoms with Crippen molar-refractivity contribution in [3.8, 4) is 0 Å². The number of hydrogen-bond acceptors (Lipinski definition) is 4. The fourth-order valence-electron chi connectivity index (χ4n) is 2.95. The summed E-state index contributed by atoms with van der Waals surface area (Å²) in [7, 11) is 0. The summed E-state index contributed by atoms with van der Waals surface area (Å²) in [5, 5.41) is 6.17. The number of carbonyl (C=O) groups is 2. The first kappa shape index (κ1) is 16.0. The first-order chi connectivity index (χ1) is 11.1.